The van der Waals surface area contributed by atoms with Crippen LogP contribution in [0.25, 0.3) is 11.0 Å². The highest BCUT2D eigenvalue weighted by Crippen LogP contribution is 2.19. The van der Waals surface area contributed by atoms with Gasteiger partial charge in [-0.1, -0.05) is 12.1 Å². The van der Waals surface area contributed by atoms with Crippen molar-refractivity contribution >= 4 is 22.9 Å². The fourth-order valence-electron chi connectivity index (χ4n) is 3.09. The Labute approximate surface area is 151 Å². The zero-order valence-electron chi connectivity index (χ0n) is 15.3. The van der Waals surface area contributed by atoms with E-state index in [1.807, 2.05) is 35.9 Å². The van der Waals surface area contributed by atoms with Crippen molar-refractivity contribution < 1.29 is 14.3 Å². The minimum Gasteiger partial charge on any atom is -0.462 e. The molecule has 2 N–H and O–H groups in total. The number of fused-ring (bicyclic) bond motifs is 1. The molecular formula is C19H22N4O3. The first kappa shape index (κ1) is 17.7. The van der Waals surface area contributed by atoms with Crippen LogP contribution in [0.4, 0.5) is 0 Å². The summed E-state index contributed by atoms with van der Waals surface area (Å²) >= 11 is 0. The number of para-hydroxylation sites is 2. The Balaban J connectivity index is 1.79. The van der Waals surface area contributed by atoms with Gasteiger partial charge in [-0.25, -0.2) is 9.78 Å². The van der Waals surface area contributed by atoms with E-state index < -0.39 is 5.97 Å². The molecule has 26 heavy (non-hydrogen) atoms. The average Bonchev–Trinajstić information content (AvgIpc) is 3.10. The highest BCUT2D eigenvalue weighted by atomic mass is 16.5. The number of carbonyl (C=O) groups is 2. The molecule has 1 aromatic carbocycles. The molecule has 0 aliphatic carbocycles. The van der Waals surface area contributed by atoms with E-state index in [1.54, 1.807) is 20.8 Å². The molecule has 1 amide bonds. The molecule has 0 atom stereocenters. The lowest BCUT2D eigenvalue weighted by atomic mass is 10.1. The molecule has 3 aromatic rings. The number of hydrogen-bond acceptors (Lipinski definition) is 4. The van der Waals surface area contributed by atoms with Gasteiger partial charge in [-0.2, -0.15) is 0 Å². The van der Waals surface area contributed by atoms with Gasteiger partial charge in [-0.05, 0) is 38.5 Å². The van der Waals surface area contributed by atoms with Crippen LogP contribution in [0.15, 0.2) is 24.3 Å². The Morgan fingerprint density at radius 1 is 1.27 bits per heavy atom. The Bertz CT molecular complexity index is 984. The first-order chi connectivity index (χ1) is 12.4. The van der Waals surface area contributed by atoms with Gasteiger partial charge in [-0.15, -0.1) is 0 Å². The first-order valence-electron chi connectivity index (χ1n) is 8.48. The number of H-pyrrole nitrogens is 1. The lowest BCUT2D eigenvalue weighted by Crippen LogP contribution is -2.25. The van der Waals surface area contributed by atoms with E-state index >= 15 is 0 Å². The van der Waals surface area contributed by atoms with Crippen molar-refractivity contribution in [2.24, 2.45) is 7.05 Å². The second-order valence-corrected chi connectivity index (χ2v) is 6.10. The number of ether oxygens (including phenoxy) is 1. The number of nitrogens with one attached hydrogen (secondary N) is 2. The molecular weight excluding hydrogens is 332 g/mol. The minimum absolute atomic E-state index is 0.284. The molecule has 0 unspecified atom stereocenters. The normalized spacial score (nSPS) is 10.9. The van der Waals surface area contributed by atoms with Crippen LogP contribution in [-0.4, -0.2) is 33.0 Å². The summed E-state index contributed by atoms with van der Waals surface area (Å²) in [5.41, 5.74) is 3.88. The molecule has 7 heteroatoms. The standard InChI is InChI=1S/C19H22N4O3/c1-5-26-19(25)16-11(2)17(21-12(16)3)18(24)20-10-15-22-13-8-6-7-9-14(13)23(15)4/h6-9,21H,5,10H2,1-4H3,(H,20,24). The zero-order valence-corrected chi connectivity index (χ0v) is 15.3. The van der Waals surface area contributed by atoms with E-state index in [-0.39, 0.29) is 19.1 Å². The lowest BCUT2D eigenvalue weighted by molar-refractivity contribution is 0.0525. The number of nitrogens with zero attached hydrogens (tertiary/aromatic N) is 2. The molecule has 0 bridgehead atoms. The smallest absolute Gasteiger partial charge is 0.340 e. The van der Waals surface area contributed by atoms with Crippen LogP contribution in [0.1, 0.15) is 44.9 Å². The second-order valence-electron chi connectivity index (χ2n) is 6.10. The van der Waals surface area contributed by atoms with Crippen molar-refractivity contribution in [3.63, 3.8) is 0 Å². The Kier molecular flexibility index (Phi) is 4.79. The number of esters is 1. The Morgan fingerprint density at radius 3 is 2.69 bits per heavy atom. The average molecular weight is 354 g/mol. The number of hydrogen-bond donors (Lipinski definition) is 2. The maximum absolute atomic E-state index is 12.6. The summed E-state index contributed by atoms with van der Waals surface area (Å²) in [6, 6.07) is 7.80. The lowest BCUT2D eigenvalue weighted by Gasteiger charge is -2.06. The monoisotopic (exact) mass is 354 g/mol. The van der Waals surface area contributed by atoms with Crippen LogP contribution in [0.2, 0.25) is 0 Å². The summed E-state index contributed by atoms with van der Waals surface area (Å²) < 4.78 is 7.01. The summed E-state index contributed by atoms with van der Waals surface area (Å²) in [6.45, 7) is 5.81. The number of amides is 1. The molecule has 0 aliphatic heterocycles. The van der Waals surface area contributed by atoms with Crippen molar-refractivity contribution in [1.82, 2.24) is 19.9 Å². The number of carbonyl (C=O) groups excluding carboxylic acids is 2. The molecule has 2 heterocycles. The highest BCUT2D eigenvalue weighted by Gasteiger charge is 2.23. The minimum atomic E-state index is -0.423. The van der Waals surface area contributed by atoms with Crippen molar-refractivity contribution in [3.8, 4) is 0 Å². The molecule has 0 spiro atoms. The topological polar surface area (TPSA) is 89.0 Å². The molecule has 3 rings (SSSR count). The summed E-state index contributed by atoms with van der Waals surface area (Å²) in [6.07, 6.45) is 0. The molecule has 7 nitrogen and oxygen atoms in total. The maximum atomic E-state index is 12.6. The van der Waals surface area contributed by atoms with Crippen molar-refractivity contribution in [3.05, 3.63) is 52.6 Å². The van der Waals surface area contributed by atoms with Crippen LogP contribution < -0.4 is 5.32 Å². The van der Waals surface area contributed by atoms with Gasteiger partial charge in [0.15, 0.2) is 0 Å². The molecule has 0 aliphatic rings. The summed E-state index contributed by atoms with van der Waals surface area (Å²) in [7, 11) is 1.92. The Hall–Kier alpha value is -3.09. The van der Waals surface area contributed by atoms with E-state index in [0.29, 0.717) is 22.5 Å². The van der Waals surface area contributed by atoms with Crippen LogP contribution in [0, 0.1) is 13.8 Å². The molecule has 0 fully saturated rings. The van der Waals surface area contributed by atoms with Gasteiger partial charge in [0, 0.05) is 12.7 Å². The maximum Gasteiger partial charge on any atom is 0.340 e. The summed E-state index contributed by atoms with van der Waals surface area (Å²) in [4.78, 5) is 32.2. The summed E-state index contributed by atoms with van der Waals surface area (Å²) in [5, 5.41) is 2.86. The molecule has 0 saturated carbocycles. The van der Waals surface area contributed by atoms with E-state index in [4.69, 9.17) is 4.74 Å². The third kappa shape index (κ3) is 3.08. The third-order valence-electron chi connectivity index (χ3n) is 4.43. The largest absolute Gasteiger partial charge is 0.462 e. The fraction of sp³-hybridized carbons (Fsp3) is 0.316. The quantitative estimate of drug-likeness (QED) is 0.689. The van der Waals surface area contributed by atoms with Gasteiger partial charge in [0.1, 0.15) is 11.5 Å². The van der Waals surface area contributed by atoms with Crippen LogP contribution in [0.3, 0.4) is 0 Å². The number of aromatic amines is 1. The van der Waals surface area contributed by atoms with Gasteiger partial charge in [0.2, 0.25) is 0 Å². The SMILES string of the molecule is CCOC(=O)c1c(C)[nH]c(C(=O)NCc2nc3ccccc3n2C)c1C. The van der Waals surface area contributed by atoms with Crippen molar-refractivity contribution in [2.75, 3.05) is 6.61 Å². The van der Waals surface area contributed by atoms with E-state index in [9.17, 15) is 9.59 Å². The van der Waals surface area contributed by atoms with Gasteiger partial charge in [0.25, 0.3) is 5.91 Å². The van der Waals surface area contributed by atoms with Crippen LogP contribution >= 0.6 is 0 Å². The highest BCUT2D eigenvalue weighted by molar-refractivity contribution is 6.00. The van der Waals surface area contributed by atoms with Crippen LogP contribution in [-0.2, 0) is 18.3 Å². The van der Waals surface area contributed by atoms with Crippen molar-refractivity contribution in [2.45, 2.75) is 27.3 Å². The van der Waals surface area contributed by atoms with E-state index in [2.05, 4.69) is 15.3 Å². The molecule has 0 radical (unpaired) electrons. The Morgan fingerprint density at radius 2 is 2.00 bits per heavy atom. The van der Waals surface area contributed by atoms with Gasteiger partial charge in [-0.3, -0.25) is 4.79 Å². The number of imidazole rings is 1. The molecule has 136 valence electrons. The molecule has 2 aromatic heterocycles. The van der Waals surface area contributed by atoms with Gasteiger partial charge >= 0.3 is 5.97 Å². The van der Waals surface area contributed by atoms with E-state index in [1.165, 1.54) is 0 Å². The predicted molar refractivity (Wildman–Crippen MR) is 98.1 cm³/mol. The number of aryl methyl sites for hydroxylation is 2. The third-order valence-corrected chi connectivity index (χ3v) is 4.43. The van der Waals surface area contributed by atoms with E-state index in [0.717, 1.165) is 16.9 Å². The number of aromatic nitrogens is 3. The number of benzene rings is 1. The predicted octanol–water partition coefficient (Wildman–Crippen LogP) is 2.62. The number of rotatable bonds is 5. The second kappa shape index (κ2) is 7.03. The zero-order chi connectivity index (χ0) is 18.8. The summed E-state index contributed by atoms with van der Waals surface area (Å²) in [5.74, 6) is 0.0486. The molecule has 0 saturated heterocycles. The van der Waals surface area contributed by atoms with Gasteiger partial charge in [0.05, 0.1) is 29.7 Å². The first-order valence-corrected chi connectivity index (χ1v) is 8.48. The van der Waals surface area contributed by atoms with Crippen LogP contribution in [0.5, 0.6) is 0 Å². The van der Waals surface area contributed by atoms with Gasteiger partial charge < -0.3 is 19.6 Å². The van der Waals surface area contributed by atoms with Crippen molar-refractivity contribution in [1.29, 1.82) is 0 Å². The fourth-order valence-corrected chi connectivity index (χ4v) is 3.09.